The van der Waals surface area contributed by atoms with Gasteiger partial charge in [-0.3, -0.25) is 9.79 Å². The quantitative estimate of drug-likeness (QED) is 0.882. The normalized spacial score (nSPS) is 28.6. The second-order valence-corrected chi connectivity index (χ2v) is 6.37. The Balaban J connectivity index is 1.53. The summed E-state index contributed by atoms with van der Waals surface area (Å²) in [6.45, 7) is 0.660. The molecule has 20 heavy (non-hydrogen) atoms. The van der Waals surface area contributed by atoms with Crippen LogP contribution >= 0.6 is 11.8 Å². The molecule has 0 aromatic heterocycles. The highest BCUT2D eigenvalue weighted by Gasteiger charge is 2.29. The third kappa shape index (κ3) is 3.04. The predicted octanol–water partition coefficient (Wildman–Crippen LogP) is 1.44. The summed E-state index contributed by atoms with van der Waals surface area (Å²) >= 11 is 1.64. The summed E-state index contributed by atoms with van der Waals surface area (Å²) in [5.41, 5.74) is 1.08. The van der Waals surface area contributed by atoms with Gasteiger partial charge in [-0.2, -0.15) is 0 Å². The lowest BCUT2D eigenvalue weighted by molar-refractivity contribution is -0.122. The lowest BCUT2D eigenvalue weighted by Gasteiger charge is -2.31. The Kier molecular flexibility index (Phi) is 4.08. The molecule has 1 aromatic rings. The number of nitrogens with zero attached hydrogens (tertiary/aromatic N) is 1. The fourth-order valence-corrected chi connectivity index (χ4v) is 3.52. The predicted molar refractivity (Wildman–Crippen MR) is 81.0 cm³/mol. The minimum absolute atomic E-state index is 0.00446. The summed E-state index contributed by atoms with van der Waals surface area (Å²) in [5.74, 6) is 1.15. The molecule has 0 bridgehead atoms. The van der Waals surface area contributed by atoms with Crippen LogP contribution in [0.15, 0.2) is 35.3 Å². The zero-order chi connectivity index (χ0) is 13.9. The van der Waals surface area contributed by atoms with Crippen molar-refractivity contribution in [2.24, 2.45) is 10.9 Å². The molecule has 1 amide bonds. The lowest BCUT2D eigenvalue weighted by atomic mass is 9.82. The fraction of sp³-hybridized carbons (Fsp3) is 0.467. The molecule has 1 unspecified atom stereocenters. The Morgan fingerprint density at radius 2 is 2.10 bits per heavy atom. The first kappa shape index (κ1) is 13.6. The highest BCUT2D eigenvalue weighted by Crippen LogP contribution is 2.27. The molecule has 0 spiro atoms. The molecule has 2 aliphatic rings. The van der Waals surface area contributed by atoms with Crippen molar-refractivity contribution in [3.63, 3.8) is 0 Å². The Bertz CT molecular complexity index is 512. The van der Waals surface area contributed by atoms with Crippen LogP contribution in [0.25, 0.3) is 0 Å². The van der Waals surface area contributed by atoms with E-state index in [9.17, 15) is 9.90 Å². The second-order valence-electron chi connectivity index (χ2n) is 5.36. The Morgan fingerprint density at radius 3 is 2.80 bits per heavy atom. The first-order chi connectivity index (χ1) is 9.72. The first-order valence-corrected chi connectivity index (χ1v) is 7.92. The van der Waals surface area contributed by atoms with Crippen LogP contribution < -0.4 is 5.32 Å². The van der Waals surface area contributed by atoms with E-state index < -0.39 is 0 Å². The number of aliphatic imine (C=N–C) groups is 1. The number of rotatable bonds is 4. The van der Waals surface area contributed by atoms with Crippen molar-refractivity contribution >= 4 is 22.7 Å². The van der Waals surface area contributed by atoms with E-state index in [0.29, 0.717) is 18.2 Å². The van der Waals surface area contributed by atoms with Crippen LogP contribution in [0.1, 0.15) is 18.4 Å². The summed E-state index contributed by atoms with van der Waals surface area (Å²) in [6, 6.07) is 9.69. The molecule has 1 heterocycles. The maximum absolute atomic E-state index is 12.1. The number of aliphatic hydroxyl groups excluding tert-OH is 1. The lowest BCUT2D eigenvalue weighted by Crippen LogP contribution is -2.41. The molecule has 5 heteroatoms. The van der Waals surface area contributed by atoms with Crippen LogP contribution in [0.3, 0.4) is 0 Å². The summed E-state index contributed by atoms with van der Waals surface area (Å²) in [7, 11) is 0. The van der Waals surface area contributed by atoms with Gasteiger partial charge < -0.3 is 10.4 Å². The van der Waals surface area contributed by atoms with Gasteiger partial charge in [0.2, 0.25) is 5.91 Å². The summed E-state index contributed by atoms with van der Waals surface area (Å²) < 4.78 is 0. The smallest absolute Gasteiger partial charge is 0.245 e. The van der Waals surface area contributed by atoms with Gasteiger partial charge in [-0.25, -0.2) is 0 Å². The number of amides is 1. The molecular weight excluding hydrogens is 272 g/mol. The van der Waals surface area contributed by atoms with Crippen LogP contribution in [0.4, 0.5) is 0 Å². The maximum atomic E-state index is 12.1. The minimum atomic E-state index is -0.278. The van der Waals surface area contributed by atoms with Crippen molar-refractivity contribution in [2.45, 2.75) is 25.0 Å². The van der Waals surface area contributed by atoms with Gasteiger partial charge >= 0.3 is 0 Å². The van der Waals surface area contributed by atoms with Crippen LogP contribution in [0.5, 0.6) is 0 Å². The molecule has 1 saturated carbocycles. The molecule has 2 N–H and O–H groups in total. The van der Waals surface area contributed by atoms with Crippen LogP contribution in [0.2, 0.25) is 0 Å². The number of thioether (sulfide) groups is 1. The fourth-order valence-electron chi connectivity index (χ4n) is 2.48. The molecule has 1 atom stereocenters. The number of benzene rings is 1. The zero-order valence-corrected chi connectivity index (χ0v) is 12.0. The highest BCUT2D eigenvalue weighted by atomic mass is 32.2. The number of carbonyl (C=O) groups is 1. The van der Waals surface area contributed by atoms with E-state index in [1.165, 1.54) is 0 Å². The average molecular weight is 290 g/mol. The Labute approximate surface area is 122 Å². The first-order valence-electron chi connectivity index (χ1n) is 6.94. The molecule has 0 saturated heterocycles. The van der Waals surface area contributed by atoms with Crippen molar-refractivity contribution in [1.82, 2.24) is 5.32 Å². The van der Waals surface area contributed by atoms with Gasteiger partial charge in [0.25, 0.3) is 0 Å². The number of aliphatic hydroxyl groups is 1. The Morgan fingerprint density at radius 1 is 1.35 bits per heavy atom. The molecular formula is C15H18N2O2S. The molecule has 4 nitrogen and oxygen atoms in total. The molecule has 3 rings (SSSR count). The van der Waals surface area contributed by atoms with Crippen molar-refractivity contribution in [2.75, 3.05) is 12.3 Å². The molecule has 1 fully saturated rings. The van der Waals surface area contributed by atoms with E-state index in [4.69, 9.17) is 0 Å². The summed E-state index contributed by atoms with van der Waals surface area (Å²) in [6.07, 6.45) is 1.44. The Hall–Kier alpha value is -1.33. The van der Waals surface area contributed by atoms with Gasteiger partial charge in [-0.15, -0.1) is 11.8 Å². The van der Waals surface area contributed by atoms with E-state index in [1.54, 1.807) is 11.8 Å². The number of nitrogens with one attached hydrogen (secondary N) is 1. The topological polar surface area (TPSA) is 61.7 Å². The third-order valence-electron chi connectivity index (χ3n) is 3.75. The monoisotopic (exact) mass is 290 g/mol. The van der Waals surface area contributed by atoms with Gasteiger partial charge in [-0.05, 0) is 18.8 Å². The van der Waals surface area contributed by atoms with Crippen molar-refractivity contribution in [3.8, 4) is 0 Å². The molecule has 106 valence electrons. The van der Waals surface area contributed by atoms with Crippen molar-refractivity contribution in [1.29, 1.82) is 0 Å². The van der Waals surface area contributed by atoms with Crippen LogP contribution in [-0.4, -0.2) is 40.5 Å². The van der Waals surface area contributed by atoms with Gasteiger partial charge in [-0.1, -0.05) is 30.3 Å². The molecule has 0 radical (unpaired) electrons. The molecule has 1 aromatic carbocycles. The second kappa shape index (κ2) is 5.97. The number of hydrogen-bond acceptors (Lipinski definition) is 4. The van der Waals surface area contributed by atoms with E-state index in [-0.39, 0.29) is 18.1 Å². The third-order valence-corrected chi connectivity index (χ3v) is 4.85. The summed E-state index contributed by atoms with van der Waals surface area (Å²) in [5, 5.41) is 13.1. The number of hydrogen-bond donors (Lipinski definition) is 2. The zero-order valence-electron chi connectivity index (χ0n) is 11.2. The van der Waals surface area contributed by atoms with E-state index in [1.807, 2.05) is 30.3 Å². The van der Waals surface area contributed by atoms with Gasteiger partial charge in [0.15, 0.2) is 0 Å². The highest BCUT2D eigenvalue weighted by molar-refractivity contribution is 8.14. The van der Waals surface area contributed by atoms with Crippen LogP contribution in [-0.2, 0) is 4.79 Å². The van der Waals surface area contributed by atoms with E-state index in [2.05, 4.69) is 10.3 Å². The van der Waals surface area contributed by atoms with Crippen LogP contribution in [0, 0.1) is 5.92 Å². The van der Waals surface area contributed by atoms with Gasteiger partial charge in [0, 0.05) is 17.9 Å². The summed E-state index contributed by atoms with van der Waals surface area (Å²) in [4.78, 5) is 16.6. The minimum Gasteiger partial charge on any atom is -0.393 e. The largest absolute Gasteiger partial charge is 0.393 e. The molecule has 1 aliphatic heterocycles. The van der Waals surface area contributed by atoms with Gasteiger partial charge in [0.05, 0.1) is 11.1 Å². The van der Waals surface area contributed by atoms with Crippen molar-refractivity contribution in [3.05, 3.63) is 35.9 Å². The maximum Gasteiger partial charge on any atom is 0.245 e. The molecule has 1 aliphatic carbocycles. The SMILES string of the molecule is O=C(NCC1CC(O)C1)C1CSC(c2ccccc2)=N1. The van der Waals surface area contributed by atoms with E-state index in [0.717, 1.165) is 23.4 Å². The average Bonchev–Trinajstić information content (AvgIpc) is 2.93. The standard InChI is InChI=1S/C15H18N2O2S/c18-12-6-10(7-12)8-16-14(19)13-9-20-15(17-13)11-4-2-1-3-5-11/h1-5,10,12-13,18H,6-9H2,(H,16,19). The van der Waals surface area contributed by atoms with Gasteiger partial charge in [0.1, 0.15) is 6.04 Å². The van der Waals surface area contributed by atoms with Crippen molar-refractivity contribution < 1.29 is 9.90 Å². The number of carbonyl (C=O) groups excluding carboxylic acids is 1. The van der Waals surface area contributed by atoms with E-state index >= 15 is 0 Å².